The van der Waals surface area contributed by atoms with Gasteiger partial charge in [-0.25, -0.2) is 4.98 Å². The molecule has 1 aromatic carbocycles. The molecule has 0 saturated carbocycles. The molecule has 2 N–H and O–H groups in total. The van der Waals surface area contributed by atoms with Crippen LogP contribution in [0.4, 0.5) is 0 Å². The van der Waals surface area contributed by atoms with E-state index in [0.717, 1.165) is 12.1 Å². The Balaban J connectivity index is 2.44. The summed E-state index contributed by atoms with van der Waals surface area (Å²) in [7, 11) is 0. The number of hydrogen-bond acceptors (Lipinski definition) is 6. The molecule has 1 aromatic heterocycles. The monoisotopic (exact) mass is 415 g/mol. The fourth-order valence-electron chi connectivity index (χ4n) is 2.99. The summed E-state index contributed by atoms with van der Waals surface area (Å²) in [6, 6.07) is 4.88. The van der Waals surface area contributed by atoms with Crippen LogP contribution in [0.1, 0.15) is 55.7 Å². The standard InChI is InChI=1S/C22H29N3O5/c1-5-11-30-18-10-9-14(21(27)23-13-19(26)29-8-4)12-16(18)20-24-17(7-3)15(6-2)22(28)25-20/h9-10,12H,5-8,11,13H2,1-4H3,(H,23,27)(H,24,25,28). The van der Waals surface area contributed by atoms with Gasteiger partial charge in [0, 0.05) is 11.1 Å². The second-order valence-corrected chi connectivity index (χ2v) is 6.59. The number of H-pyrrole nitrogens is 1. The van der Waals surface area contributed by atoms with Crippen molar-refractivity contribution in [1.82, 2.24) is 15.3 Å². The molecule has 0 fully saturated rings. The second-order valence-electron chi connectivity index (χ2n) is 6.59. The first kappa shape index (κ1) is 23.1. The lowest BCUT2D eigenvalue weighted by molar-refractivity contribution is -0.141. The summed E-state index contributed by atoms with van der Waals surface area (Å²) in [5, 5.41) is 2.53. The first-order valence-corrected chi connectivity index (χ1v) is 10.3. The molecule has 8 nitrogen and oxygen atoms in total. The third-order valence-corrected chi connectivity index (χ3v) is 4.45. The Labute approximate surface area is 176 Å². The Morgan fingerprint density at radius 2 is 1.90 bits per heavy atom. The van der Waals surface area contributed by atoms with Crippen molar-refractivity contribution in [3.63, 3.8) is 0 Å². The molecule has 1 amide bonds. The lowest BCUT2D eigenvalue weighted by Crippen LogP contribution is -2.30. The SMILES string of the molecule is CCCOc1ccc(C(=O)NCC(=O)OCC)cc1-c1nc(CC)c(CC)c(=O)[nH]1. The van der Waals surface area contributed by atoms with E-state index in [2.05, 4.69) is 15.3 Å². The van der Waals surface area contributed by atoms with Crippen molar-refractivity contribution in [1.29, 1.82) is 0 Å². The predicted octanol–water partition coefficient (Wildman–Crippen LogP) is 2.64. The molecule has 0 bridgehead atoms. The van der Waals surface area contributed by atoms with Crippen LogP contribution < -0.4 is 15.6 Å². The normalized spacial score (nSPS) is 10.5. The molecule has 0 aliphatic carbocycles. The topological polar surface area (TPSA) is 110 Å². The molecule has 0 unspecified atom stereocenters. The zero-order valence-corrected chi connectivity index (χ0v) is 18.0. The van der Waals surface area contributed by atoms with Gasteiger partial charge in [-0.2, -0.15) is 0 Å². The molecule has 0 atom stereocenters. The Hall–Kier alpha value is -3.16. The zero-order chi connectivity index (χ0) is 22.1. The Morgan fingerprint density at radius 1 is 1.13 bits per heavy atom. The fraction of sp³-hybridized carbons (Fsp3) is 0.455. The molecular formula is C22H29N3O5. The van der Waals surface area contributed by atoms with E-state index in [1.165, 1.54) is 0 Å². The molecule has 0 radical (unpaired) electrons. The van der Waals surface area contributed by atoms with Crippen molar-refractivity contribution < 1.29 is 19.1 Å². The molecular weight excluding hydrogens is 386 g/mol. The number of nitrogens with zero attached hydrogens (tertiary/aromatic N) is 1. The maximum atomic E-state index is 12.5. The number of aryl methyl sites for hydroxylation is 1. The Bertz CT molecular complexity index is 952. The highest BCUT2D eigenvalue weighted by Crippen LogP contribution is 2.29. The molecule has 0 saturated heterocycles. The molecule has 162 valence electrons. The van der Waals surface area contributed by atoms with E-state index in [1.807, 2.05) is 20.8 Å². The summed E-state index contributed by atoms with van der Waals surface area (Å²) in [4.78, 5) is 44.0. The molecule has 0 aliphatic rings. The number of carbonyl (C=O) groups is 2. The Kier molecular flexibility index (Phi) is 8.58. The fourth-order valence-corrected chi connectivity index (χ4v) is 2.99. The van der Waals surface area contributed by atoms with Gasteiger partial charge in [-0.3, -0.25) is 14.4 Å². The van der Waals surface area contributed by atoms with Gasteiger partial charge < -0.3 is 19.8 Å². The van der Waals surface area contributed by atoms with Crippen LogP contribution in [0.25, 0.3) is 11.4 Å². The van der Waals surface area contributed by atoms with Crippen molar-refractivity contribution in [3.05, 3.63) is 45.4 Å². The summed E-state index contributed by atoms with van der Waals surface area (Å²) in [6.07, 6.45) is 2.01. The third kappa shape index (κ3) is 5.68. The summed E-state index contributed by atoms with van der Waals surface area (Å²) < 4.78 is 10.6. The molecule has 0 spiro atoms. The van der Waals surface area contributed by atoms with Crippen LogP contribution in [-0.2, 0) is 22.4 Å². The van der Waals surface area contributed by atoms with Crippen LogP contribution in [0.15, 0.2) is 23.0 Å². The van der Waals surface area contributed by atoms with Crippen molar-refractivity contribution in [2.75, 3.05) is 19.8 Å². The van der Waals surface area contributed by atoms with Gasteiger partial charge in [-0.05, 0) is 44.4 Å². The van der Waals surface area contributed by atoms with E-state index >= 15 is 0 Å². The summed E-state index contributed by atoms with van der Waals surface area (Å²) >= 11 is 0. The number of esters is 1. The number of benzene rings is 1. The second kappa shape index (κ2) is 11.1. The van der Waals surface area contributed by atoms with Gasteiger partial charge >= 0.3 is 5.97 Å². The van der Waals surface area contributed by atoms with Gasteiger partial charge in [0.05, 0.1) is 24.5 Å². The minimum absolute atomic E-state index is 0.196. The van der Waals surface area contributed by atoms with Crippen molar-refractivity contribution >= 4 is 11.9 Å². The van der Waals surface area contributed by atoms with Crippen LogP contribution >= 0.6 is 0 Å². The van der Waals surface area contributed by atoms with Crippen LogP contribution in [0, 0.1) is 0 Å². The van der Waals surface area contributed by atoms with Crippen LogP contribution in [0.2, 0.25) is 0 Å². The Morgan fingerprint density at radius 3 is 2.53 bits per heavy atom. The van der Waals surface area contributed by atoms with Gasteiger partial charge in [-0.15, -0.1) is 0 Å². The van der Waals surface area contributed by atoms with Crippen LogP contribution in [-0.4, -0.2) is 41.6 Å². The maximum Gasteiger partial charge on any atom is 0.325 e. The molecule has 1 heterocycles. The van der Waals surface area contributed by atoms with E-state index in [9.17, 15) is 14.4 Å². The van der Waals surface area contributed by atoms with E-state index < -0.39 is 11.9 Å². The van der Waals surface area contributed by atoms with Gasteiger partial charge in [-0.1, -0.05) is 20.8 Å². The summed E-state index contributed by atoms with van der Waals surface area (Å²) in [5.74, 6) is -0.0780. The average molecular weight is 415 g/mol. The largest absolute Gasteiger partial charge is 0.493 e. The highest BCUT2D eigenvalue weighted by molar-refractivity contribution is 5.97. The minimum atomic E-state index is -0.511. The number of ether oxygens (including phenoxy) is 2. The average Bonchev–Trinajstić information content (AvgIpc) is 2.75. The number of hydrogen-bond donors (Lipinski definition) is 2. The van der Waals surface area contributed by atoms with Crippen molar-refractivity contribution in [2.45, 2.75) is 47.0 Å². The number of rotatable bonds is 10. The first-order valence-electron chi connectivity index (χ1n) is 10.3. The minimum Gasteiger partial charge on any atom is -0.493 e. The number of amides is 1. The molecule has 2 rings (SSSR count). The predicted molar refractivity (Wildman–Crippen MR) is 114 cm³/mol. The van der Waals surface area contributed by atoms with Gasteiger partial charge in [0.15, 0.2) is 0 Å². The van der Waals surface area contributed by atoms with Gasteiger partial charge in [0.2, 0.25) is 0 Å². The van der Waals surface area contributed by atoms with Crippen LogP contribution in [0.5, 0.6) is 5.75 Å². The van der Waals surface area contributed by atoms with E-state index in [4.69, 9.17) is 9.47 Å². The highest BCUT2D eigenvalue weighted by atomic mass is 16.5. The number of carbonyl (C=O) groups excluding carboxylic acids is 2. The quantitative estimate of drug-likeness (QED) is 0.577. The van der Waals surface area contributed by atoms with E-state index in [-0.39, 0.29) is 18.7 Å². The summed E-state index contributed by atoms with van der Waals surface area (Å²) in [6.45, 7) is 8.05. The molecule has 30 heavy (non-hydrogen) atoms. The molecule has 0 aliphatic heterocycles. The van der Waals surface area contributed by atoms with Crippen LogP contribution in [0.3, 0.4) is 0 Å². The number of aromatic amines is 1. The lowest BCUT2D eigenvalue weighted by Gasteiger charge is -2.14. The van der Waals surface area contributed by atoms with Gasteiger partial charge in [0.25, 0.3) is 11.5 Å². The highest BCUT2D eigenvalue weighted by Gasteiger charge is 2.17. The third-order valence-electron chi connectivity index (χ3n) is 4.45. The van der Waals surface area contributed by atoms with Crippen molar-refractivity contribution in [2.24, 2.45) is 0 Å². The number of nitrogens with one attached hydrogen (secondary N) is 2. The maximum absolute atomic E-state index is 12.5. The first-order chi connectivity index (χ1) is 14.4. The smallest absolute Gasteiger partial charge is 0.325 e. The molecule has 2 aromatic rings. The zero-order valence-electron chi connectivity index (χ0n) is 18.0. The van der Waals surface area contributed by atoms with E-state index in [0.29, 0.717) is 47.7 Å². The van der Waals surface area contributed by atoms with E-state index in [1.54, 1.807) is 25.1 Å². The lowest BCUT2D eigenvalue weighted by atomic mass is 10.1. The van der Waals surface area contributed by atoms with Gasteiger partial charge in [0.1, 0.15) is 18.1 Å². The van der Waals surface area contributed by atoms with Crippen molar-refractivity contribution in [3.8, 4) is 17.1 Å². The summed E-state index contributed by atoms with van der Waals surface area (Å²) in [5.41, 5.74) is 2.01. The molecule has 8 heteroatoms. The number of aromatic nitrogens is 2.